The van der Waals surface area contributed by atoms with Gasteiger partial charge in [0.25, 0.3) is 0 Å². The Hall–Kier alpha value is -1.70. The Balaban J connectivity index is 1.79. The average Bonchev–Trinajstić information content (AvgIpc) is 3.17. The number of ether oxygens (including phenoxy) is 1. The number of carbonyl (C=O) groups excluding carboxylic acids is 2. The lowest BCUT2D eigenvalue weighted by Crippen LogP contribution is -2.41. The van der Waals surface area contributed by atoms with Gasteiger partial charge in [-0.25, -0.2) is 0 Å². The summed E-state index contributed by atoms with van der Waals surface area (Å²) >= 11 is 3.16. The highest BCUT2D eigenvalue weighted by Crippen LogP contribution is 2.24. The lowest BCUT2D eigenvalue weighted by molar-refractivity contribution is -0.139. The minimum atomic E-state index is -0.648. The first-order chi connectivity index (χ1) is 10.6. The molecule has 22 heavy (non-hydrogen) atoms. The standard InChI is InChI=1S/C15H18N2O3S2/c1-10-3-4-13(22-10)12(20-2)8-17-15(19)14(18)16-7-11-5-6-21-9-11/h3-6,9,12H,7-8H2,1-2H3,(H,16,18)(H,17,19). The largest absolute Gasteiger partial charge is 0.374 e. The van der Waals surface area contributed by atoms with Gasteiger partial charge in [0.15, 0.2) is 0 Å². The topological polar surface area (TPSA) is 67.4 Å². The maximum atomic E-state index is 11.8. The second-order valence-corrected chi connectivity index (χ2v) is 6.80. The van der Waals surface area contributed by atoms with Crippen LogP contribution in [-0.4, -0.2) is 25.5 Å². The van der Waals surface area contributed by atoms with Crippen molar-refractivity contribution in [1.82, 2.24) is 10.6 Å². The number of carbonyl (C=O) groups is 2. The third-order valence-corrected chi connectivity index (χ3v) is 4.88. The molecule has 118 valence electrons. The van der Waals surface area contributed by atoms with Crippen molar-refractivity contribution in [2.24, 2.45) is 0 Å². The minimum Gasteiger partial charge on any atom is -0.374 e. The van der Waals surface area contributed by atoms with Crippen molar-refractivity contribution in [2.45, 2.75) is 19.6 Å². The van der Waals surface area contributed by atoms with Gasteiger partial charge >= 0.3 is 11.8 Å². The van der Waals surface area contributed by atoms with Crippen molar-refractivity contribution >= 4 is 34.5 Å². The van der Waals surface area contributed by atoms with Crippen LogP contribution in [0.5, 0.6) is 0 Å². The first-order valence-corrected chi connectivity index (χ1v) is 8.52. The van der Waals surface area contributed by atoms with Gasteiger partial charge in [0.1, 0.15) is 6.10 Å². The average molecular weight is 338 g/mol. The lowest BCUT2D eigenvalue weighted by atomic mass is 10.3. The van der Waals surface area contributed by atoms with Crippen LogP contribution in [-0.2, 0) is 20.9 Å². The summed E-state index contributed by atoms with van der Waals surface area (Å²) < 4.78 is 5.36. The number of thiophene rings is 2. The molecule has 2 amide bonds. The molecule has 0 bridgehead atoms. The van der Waals surface area contributed by atoms with Crippen molar-refractivity contribution in [3.05, 3.63) is 44.3 Å². The SMILES string of the molecule is COC(CNC(=O)C(=O)NCc1ccsc1)c1ccc(C)s1. The summed E-state index contributed by atoms with van der Waals surface area (Å²) in [5, 5.41) is 9.05. The zero-order valence-electron chi connectivity index (χ0n) is 12.4. The Morgan fingerprint density at radius 2 is 2.00 bits per heavy atom. The molecule has 0 radical (unpaired) electrons. The number of methoxy groups -OCH3 is 1. The lowest BCUT2D eigenvalue weighted by Gasteiger charge is -2.14. The quantitative estimate of drug-likeness (QED) is 0.794. The Kier molecular flexibility index (Phi) is 6.11. The van der Waals surface area contributed by atoms with Gasteiger partial charge in [0.05, 0.1) is 0 Å². The summed E-state index contributed by atoms with van der Waals surface area (Å²) in [7, 11) is 1.59. The fraction of sp³-hybridized carbons (Fsp3) is 0.333. The fourth-order valence-corrected chi connectivity index (χ4v) is 3.47. The van der Waals surface area contributed by atoms with Gasteiger partial charge in [-0.1, -0.05) is 0 Å². The summed E-state index contributed by atoms with van der Waals surface area (Å²) in [5.74, 6) is -1.28. The molecule has 0 spiro atoms. The number of rotatable bonds is 6. The van der Waals surface area contributed by atoms with E-state index in [1.165, 1.54) is 4.88 Å². The Morgan fingerprint density at radius 1 is 1.23 bits per heavy atom. The molecule has 1 unspecified atom stereocenters. The van der Waals surface area contributed by atoms with Crippen LogP contribution in [0.25, 0.3) is 0 Å². The summed E-state index contributed by atoms with van der Waals surface area (Å²) in [4.78, 5) is 25.7. The van der Waals surface area contributed by atoms with E-state index in [0.717, 1.165) is 10.4 Å². The van der Waals surface area contributed by atoms with Crippen LogP contribution in [0.2, 0.25) is 0 Å². The Bertz CT molecular complexity index is 623. The summed E-state index contributed by atoms with van der Waals surface area (Å²) in [5.41, 5.74) is 0.981. The molecule has 0 fully saturated rings. The molecule has 1 atom stereocenters. The molecule has 0 saturated carbocycles. The third kappa shape index (κ3) is 4.66. The van der Waals surface area contributed by atoms with E-state index in [1.54, 1.807) is 29.8 Å². The highest BCUT2D eigenvalue weighted by molar-refractivity contribution is 7.12. The van der Waals surface area contributed by atoms with Crippen molar-refractivity contribution in [1.29, 1.82) is 0 Å². The smallest absolute Gasteiger partial charge is 0.309 e. The molecular formula is C15H18N2O3S2. The molecule has 2 aromatic heterocycles. The molecule has 0 saturated heterocycles. The van der Waals surface area contributed by atoms with Crippen LogP contribution in [0.3, 0.4) is 0 Å². The Morgan fingerprint density at radius 3 is 2.59 bits per heavy atom. The van der Waals surface area contributed by atoms with Crippen LogP contribution < -0.4 is 10.6 Å². The number of hydrogen-bond acceptors (Lipinski definition) is 5. The second-order valence-electron chi connectivity index (χ2n) is 4.70. The molecule has 2 aromatic rings. The van der Waals surface area contributed by atoms with Gasteiger partial charge in [-0.15, -0.1) is 11.3 Å². The number of hydrogen-bond donors (Lipinski definition) is 2. The van der Waals surface area contributed by atoms with E-state index in [1.807, 2.05) is 35.9 Å². The minimum absolute atomic E-state index is 0.243. The van der Waals surface area contributed by atoms with E-state index in [2.05, 4.69) is 10.6 Å². The fourth-order valence-electron chi connectivity index (χ4n) is 1.85. The van der Waals surface area contributed by atoms with Gasteiger partial charge in [-0.3, -0.25) is 9.59 Å². The highest BCUT2D eigenvalue weighted by atomic mass is 32.1. The summed E-state index contributed by atoms with van der Waals surface area (Å²) in [6.07, 6.45) is -0.243. The molecule has 0 aliphatic rings. The first-order valence-electron chi connectivity index (χ1n) is 6.76. The number of aryl methyl sites for hydroxylation is 1. The number of amides is 2. The highest BCUT2D eigenvalue weighted by Gasteiger charge is 2.17. The first kappa shape index (κ1) is 16.7. The predicted molar refractivity (Wildman–Crippen MR) is 88.0 cm³/mol. The number of nitrogens with one attached hydrogen (secondary N) is 2. The molecule has 2 heterocycles. The van der Waals surface area contributed by atoms with Crippen molar-refractivity contribution < 1.29 is 14.3 Å². The monoisotopic (exact) mass is 338 g/mol. The molecule has 2 rings (SSSR count). The summed E-state index contributed by atoms with van der Waals surface area (Å²) in [6.45, 7) is 2.63. The maximum Gasteiger partial charge on any atom is 0.309 e. The van der Waals surface area contributed by atoms with Crippen LogP contribution >= 0.6 is 22.7 Å². The van der Waals surface area contributed by atoms with Crippen LogP contribution in [0.1, 0.15) is 21.4 Å². The van der Waals surface area contributed by atoms with E-state index in [-0.39, 0.29) is 12.6 Å². The zero-order valence-corrected chi connectivity index (χ0v) is 14.1. The van der Waals surface area contributed by atoms with Crippen LogP contribution in [0.4, 0.5) is 0 Å². The van der Waals surface area contributed by atoms with Gasteiger partial charge in [0, 0.05) is 30.0 Å². The maximum absolute atomic E-state index is 11.8. The van der Waals surface area contributed by atoms with Gasteiger partial charge in [0.2, 0.25) is 0 Å². The van der Waals surface area contributed by atoms with E-state index in [4.69, 9.17) is 4.74 Å². The van der Waals surface area contributed by atoms with E-state index >= 15 is 0 Å². The zero-order chi connectivity index (χ0) is 15.9. The predicted octanol–water partition coefficient (Wildman–Crippen LogP) is 2.24. The van der Waals surface area contributed by atoms with Gasteiger partial charge in [-0.05, 0) is 41.4 Å². The third-order valence-electron chi connectivity index (χ3n) is 3.05. The second kappa shape index (κ2) is 8.07. The van der Waals surface area contributed by atoms with Crippen LogP contribution in [0, 0.1) is 6.92 Å². The van der Waals surface area contributed by atoms with Crippen molar-refractivity contribution in [3.8, 4) is 0 Å². The molecular weight excluding hydrogens is 320 g/mol. The molecule has 0 aliphatic carbocycles. The normalized spacial score (nSPS) is 11.9. The van der Waals surface area contributed by atoms with Crippen LogP contribution in [0.15, 0.2) is 29.0 Å². The molecule has 0 aliphatic heterocycles. The van der Waals surface area contributed by atoms with Gasteiger partial charge < -0.3 is 15.4 Å². The van der Waals surface area contributed by atoms with Crippen molar-refractivity contribution in [2.75, 3.05) is 13.7 Å². The Labute approximate surface area is 137 Å². The summed E-state index contributed by atoms with van der Waals surface area (Å²) in [6, 6.07) is 5.88. The van der Waals surface area contributed by atoms with E-state index in [0.29, 0.717) is 6.54 Å². The molecule has 5 nitrogen and oxygen atoms in total. The molecule has 0 aromatic carbocycles. The molecule has 2 N–H and O–H groups in total. The van der Waals surface area contributed by atoms with Crippen molar-refractivity contribution in [3.63, 3.8) is 0 Å². The molecule has 7 heteroatoms. The van der Waals surface area contributed by atoms with E-state index < -0.39 is 11.8 Å². The van der Waals surface area contributed by atoms with Gasteiger partial charge in [-0.2, -0.15) is 11.3 Å². The van der Waals surface area contributed by atoms with E-state index in [9.17, 15) is 9.59 Å².